The van der Waals surface area contributed by atoms with E-state index >= 15 is 0 Å². The van der Waals surface area contributed by atoms with E-state index in [1.165, 1.54) is 4.90 Å². The lowest BCUT2D eigenvalue weighted by Gasteiger charge is -2.26. The largest absolute Gasteiger partial charge is 0.465 e. The number of anilines is 1. The average molecular weight is 450 g/mol. The Labute approximate surface area is 191 Å². The van der Waals surface area contributed by atoms with Crippen molar-refractivity contribution in [1.29, 1.82) is 0 Å². The summed E-state index contributed by atoms with van der Waals surface area (Å²) in [4.78, 5) is 35.6. The lowest BCUT2D eigenvalue weighted by Crippen LogP contribution is -2.32. The molecule has 2 N–H and O–H groups in total. The molecular weight excluding hydrogens is 422 g/mol. The van der Waals surface area contributed by atoms with E-state index in [4.69, 9.17) is 9.72 Å². The number of ether oxygens (including phenoxy) is 1. The molecule has 0 aliphatic carbocycles. The number of aromatic nitrogens is 3. The SMILES string of the molecule is Cc1ccccc1-c1cc2cnc(N[C@H]3CCN(C(=O)O)C3)nc2n(C2CCOCC2)c1=O. The van der Waals surface area contributed by atoms with Crippen LogP contribution in [0.4, 0.5) is 10.7 Å². The molecule has 1 aromatic carbocycles. The molecule has 0 spiro atoms. The summed E-state index contributed by atoms with van der Waals surface area (Å²) in [6.07, 6.45) is 3.00. The molecule has 1 amide bonds. The highest BCUT2D eigenvalue weighted by atomic mass is 16.5. The Hall–Kier alpha value is -3.46. The zero-order valence-corrected chi connectivity index (χ0v) is 18.5. The molecule has 33 heavy (non-hydrogen) atoms. The van der Waals surface area contributed by atoms with Gasteiger partial charge in [0.2, 0.25) is 5.95 Å². The Kier molecular flexibility index (Phi) is 5.72. The lowest BCUT2D eigenvalue weighted by molar-refractivity contribution is 0.0697. The van der Waals surface area contributed by atoms with Crippen molar-refractivity contribution in [3.05, 3.63) is 52.4 Å². The molecule has 1 atom stereocenters. The van der Waals surface area contributed by atoms with E-state index in [0.717, 1.165) is 29.4 Å². The standard InChI is InChI=1S/C24H27N5O4/c1-15-4-2-3-5-19(15)20-12-16-13-25-23(26-17-6-9-28(14-17)24(31)32)27-21(16)29(22(20)30)18-7-10-33-11-8-18/h2-5,12-13,17-18H,6-11,14H2,1H3,(H,31,32)(H,25,26,27)/t17-/m0/s1. The Morgan fingerprint density at radius 1 is 1.18 bits per heavy atom. The molecule has 2 aliphatic heterocycles. The second-order valence-corrected chi connectivity index (χ2v) is 8.72. The van der Waals surface area contributed by atoms with E-state index in [2.05, 4.69) is 10.3 Å². The van der Waals surface area contributed by atoms with Gasteiger partial charge in [0.25, 0.3) is 5.56 Å². The molecule has 9 nitrogen and oxygen atoms in total. The van der Waals surface area contributed by atoms with Crippen molar-refractivity contribution in [2.45, 2.75) is 38.3 Å². The second kappa shape index (κ2) is 8.82. The number of hydrogen-bond acceptors (Lipinski definition) is 6. The third-order valence-electron chi connectivity index (χ3n) is 6.56. The summed E-state index contributed by atoms with van der Waals surface area (Å²) in [7, 11) is 0. The van der Waals surface area contributed by atoms with Gasteiger partial charge in [-0.3, -0.25) is 9.36 Å². The van der Waals surface area contributed by atoms with Gasteiger partial charge in [0.1, 0.15) is 5.65 Å². The number of nitrogens with one attached hydrogen (secondary N) is 1. The number of nitrogens with zero attached hydrogens (tertiary/aromatic N) is 4. The molecule has 2 saturated heterocycles. The van der Waals surface area contributed by atoms with Crippen molar-refractivity contribution < 1.29 is 14.6 Å². The molecule has 3 aromatic rings. The van der Waals surface area contributed by atoms with Crippen molar-refractivity contribution in [3.63, 3.8) is 0 Å². The van der Waals surface area contributed by atoms with Crippen LogP contribution in [0, 0.1) is 6.92 Å². The molecule has 2 aliphatic rings. The molecular formula is C24H27N5O4. The molecule has 9 heteroatoms. The average Bonchev–Trinajstić information content (AvgIpc) is 3.29. The van der Waals surface area contributed by atoms with Gasteiger partial charge < -0.3 is 20.1 Å². The monoisotopic (exact) mass is 449 g/mol. The van der Waals surface area contributed by atoms with Crippen LogP contribution in [0.2, 0.25) is 0 Å². The summed E-state index contributed by atoms with van der Waals surface area (Å²) in [5, 5.41) is 13.3. The van der Waals surface area contributed by atoms with Crippen LogP contribution in [0.15, 0.2) is 41.3 Å². The highest BCUT2D eigenvalue weighted by molar-refractivity contribution is 5.82. The van der Waals surface area contributed by atoms with Gasteiger partial charge in [-0.2, -0.15) is 4.98 Å². The van der Waals surface area contributed by atoms with Crippen LogP contribution in [0.25, 0.3) is 22.2 Å². The number of pyridine rings is 1. The van der Waals surface area contributed by atoms with Gasteiger partial charge in [0.05, 0.1) is 0 Å². The Bertz CT molecular complexity index is 1250. The van der Waals surface area contributed by atoms with Crippen LogP contribution in [0.5, 0.6) is 0 Å². The summed E-state index contributed by atoms with van der Waals surface area (Å²) in [5.41, 5.74) is 3.12. The number of carboxylic acid groups (broad SMARTS) is 1. The first-order valence-electron chi connectivity index (χ1n) is 11.3. The number of carbonyl (C=O) groups is 1. The number of benzene rings is 1. The van der Waals surface area contributed by atoms with E-state index < -0.39 is 6.09 Å². The second-order valence-electron chi connectivity index (χ2n) is 8.72. The van der Waals surface area contributed by atoms with E-state index in [1.54, 1.807) is 6.20 Å². The minimum atomic E-state index is -0.921. The molecule has 0 saturated carbocycles. The molecule has 2 fully saturated rings. The van der Waals surface area contributed by atoms with E-state index in [-0.39, 0.29) is 17.6 Å². The fraction of sp³-hybridized carbons (Fsp3) is 0.417. The van der Waals surface area contributed by atoms with Gasteiger partial charge in [-0.1, -0.05) is 24.3 Å². The van der Waals surface area contributed by atoms with Crippen LogP contribution in [0.3, 0.4) is 0 Å². The number of likely N-dealkylation sites (tertiary alicyclic amines) is 1. The lowest BCUT2D eigenvalue weighted by atomic mass is 10.00. The molecule has 4 heterocycles. The van der Waals surface area contributed by atoms with Gasteiger partial charge in [0.15, 0.2) is 0 Å². The van der Waals surface area contributed by atoms with Crippen molar-refractivity contribution in [2.24, 2.45) is 0 Å². The summed E-state index contributed by atoms with van der Waals surface area (Å²) < 4.78 is 7.35. The van der Waals surface area contributed by atoms with Gasteiger partial charge >= 0.3 is 6.09 Å². The third-order valence-corrected chi connectivity index (χ3v) is 6.56. The van der Waals surface area contributed by atoms with Crippen molar-refractivity contribution in [1.82, 2.24) is 19.4 Å². The summed E-state index contributed by atoms with van der Waals surface area (Å²) >= 11 is 0. The zero-order chi connectivity index (χ0) is 22.9. The maximum atomic E-state index is 13.8. The number of hydrogen-bond donors (Lipinski definition) is 2. The highest BCUT2D eigenvalue weighted by Gasteiger charge is 2.27. The Morgan fingerprint density at radius 3 is 2.70 bits per heavy atom. The first-order valence-corrected chi connectivity index (χ1v) is 11.3. The van der Waals surface area contributed by atoms with E-state index in [0.29, 0.717) is 49.9 Å². The molecule has 0 unspecified atom stereocenters. The number of fused-ring (bicyclic) bond motifs is 1. The van der Waals surface area contributed by atoms with Crippen molar-refractivity contribution in [2.75, 3.05) is 31.6 Å². The van der Waals surface area contributed by atoms with E-state index in [9.17, 15) is 14.7 Å². The van der Waals surface area contributed by atoms with E-state index in [1.807, 2.05) is 41.8 Å². The predicted molar refractivity (Wildman–Crippen MR) is 125 cm³/mol. The van der Waals surface area contributed by atoms with Crippen LogP contribution in [-0.4, -0.2) is 63.0 Å². The van der Waals surface area contributed by atoms with Gasteiger partial charge in [0, 0.05) is 55.5 Å². The van der Waals surface area contributed by atoms with Crippen molar-refractivity contribution in [3.8, 4) is 11.1 Å². The highest BCUT2D eigenvalue weighted by Crippen LogP contribution is 2.28. The first kappa shape index (κ1) is 21.4. The van der Waals surface area contributed by atoms with Crippen LogP contribution >= 0.6 is 0 Å². The maximum Gasteiger partial charge on any atom is 0.407 e. The topological polar surface area (TPSA) is 110 Å². The molecule has 5 rings (SSSR count). The number of aryl methyl sites for hydroxylation is 1. The number of amides is 1. The Morgan fingerprint density at radius 2 is 1.97 bits per heavy atom. The van der Waals surface area contributed by atoms with Crippen molar-refractivity contribution >= 4 is 23.1 Å². The summed E-state index contributed by atoms with van der Waals surface area (Å²) in [6.45, 7) is 4.08. The normalized spacial score (nSPS) is 19.2. The molecule has 0 bridgehead atoms. The van der Waals surface area contributed by atoms with Gasteiger partial charge in [-0.05, 0) is 43.4 Å². The molecule has 2 aromatic heterocycles. The van der Waals surface area contributed by atoms with Gasteiger partial charge in [-0.15, -0.1) is 0 Å². The fourth-order valence-electron chi connectivity index (χ4n) is 4.77. The quantitative estimate of drug-likeness (QED) is 0.629. The van der Waals surface area contributed by atoms with Crippen LogP contribution in [0.1, 0.15) is 30.9 Å². The Balaban J connectivity index is 1.59. The summed E-state index contributed by atoms with van der Waals surface area (Å²) in [5.74, 6) is 0.406. The van der Waals surface area contributed by atoms with Gasteiger partial charge in [-0.25, -0.2) is 9.78 Å². The predicted octanol–water partition coefficient (Wildman–Crippen LogP) is 3.28. The molecule has 0 radical (unpaired) electrons. The fourth-order valence-corrected chi connectivity index (χ4v) is 4.77. The zero-order valence-electron chi connectivity index (χ0n) is 18.5. The third kappa shape index (κ3) is 4.16. The van der Waals surface area contributed by atoms with Crippen LogP contribution < -0.4 is 10.9 Å². The molecule has 172 valence electrons. The van der Waals surface area contributed by atoms with Crippen LogP contribution in [-0.2, 0) is 4.74 Å². The minimum absolute atomic E-state index is 0.00514. The number of rotatable bonds is 4. The smallest absolute Gasteiger partial charge is 0.407 e. The first-order chi connectivity index (χ1) is 16.0. The minimum Gasteiger partial charge on any atom is -0.465 e. The summed E-state index contributed by atoms with van der Waals surface area (Å²) in [6, 6.07) is 9.69. The maximum absolute atomic E-state index is 13.8.